The van der Waals surface area contributed by atoms with Crippen molar-refractivity contribution in [3.63, 3.8) is 0 Å². The molecule has 0 aromatic heterocycles. The predicted octanol–water partition coefficient (Wildman–Crippen LogP) is 2.86. The Hall–Kier alpha value is -0.830. The maximum Gasteiger partial charge on any atom is 0.226 e. The van der Waals surface area contributed by atoms with Crippen molar-refractivity contribution in [3.8, 4) is 0 Å². The lowest BCUT2D eigenvalue weighted by molar-refractivity contribution is -0.133. The van der Waals surface area contributed by atoms with Gasteiger partial charge in [0.1, 0.15) is 0 Å². The number of allylic oxidation sites excluding steroid dienone is 2. The molecule has 0 aromatic rings. The van der Waals surface area contributed by atoms with Crippen molar-refractivity contribution in [1.29, 1.82) is 0 Å². The molecule has 21 heavy (non-hydrogen) atoms. The van der Waals surface area contributed by atoms with Crippen molar-refractivity contribution in [2.24, 2.45) is 29.1 Å². The summed E-state index contributed by atoms with van der Waals surface area (Å²) in [7, 11) is 0. The summed E-state index contributed by atoms with van der Waals surface area (Å²) in [6.07, 6.45) is 5.61. The van der Waals surface area contributed by atoms with Crippen LogP contribution < -0.4 is 0 Å². The zero-order valence-corrected chi connectivity index (χ0v) is 13.6. The Kier molecular flexibility index (Phi) is 2.86. The Labute approximate surface area is 127 Å². The van der Waals surface area contributed by atoms with Gasteiger partial charge in [-0.15, -0.1) is 0 Å². The van der Waals surface area contributed by atoms with Crippen LogP contribution in [0.4, 0.5) is 0 Å². The molecule has 1 saturated carbocycles. The van der Waals surface area contributed by atoms with Gasteiger partial charge in [-0.25, -0.2) is 0 Å². The summed E-state index contributed by atoms with van der Waals surface area (Å²) >= 11 is 0. The summed E-state index contributed by atoms with van der Waals surface area (Å²) in [5, 5.41) is 0. The van der Waals surface area contributed by atoms with Gasteiger partial charge < -0.3 is 9.64 Å². The molecular weight excluding hydrogens is 262 g/mol. The Morgan fingerprint density at radius 2 is 1.71 bits per heavy atom. The largest absolute Gasteiger partial charge is 0.374 e. The number of likely N-dealkylation sites (tertiary alicyclic amines) is 1. The third kappa shape index (κ3) is 1.93. The SMILES string of the molecule is CC(C)=C[C@@H]1[C@H](C(=O)N2C[C@H]3[C@H](C2)[C@H]2CC[C@H]3O2)C1(C)C. The summed E-state index contributed by atoms with van der Waals surface area (Å²) < 4.78 is 6.01. The molecule has 2 bridgehead atoms. The summed E-state index contributed by atoms with van der Waals surface area (Å²) in [6, 6.07) is 0. The van der Waals surface area contributed by atoms with E-state index in [0.717, 1.165) is 13.1 Å². The van der Waals surface area contributed by atoms with Gasteiger partial charge >= 0.3 is 0 Å². The molecule has 1 amide bonds. The van der Waals surface area contributed by atoms with E-state index in [1.54, 1.807) is 0 Å². The fourth-order valence-corrected chi connectivity index (χ4v) is 5.16. The van der Waals surface area contributed by atoms with Gasteiger partial charge in [0.05, 0.1) is 18.1 Å². The predicted molar refractivity (Wildman–Crippen MR) is 81.6 cm³/mol. The van der Waals surface area contributed by atoms with Crippen LogP contribution in [0.3, 0.4) is 0 Å². The number of carbonyl (C=O) groups excluding carboxylic acids is 1. The summed E-state index contributed by atoms with van der Waals surface area (Å²) in [6.45, 7) is 10.6. The Bertz CT molecular complexity index is 487. The highest BCUT2D eigenvalue weighted by atomic mass is 16.5. The molecule has 0 N–H and O–H groups in total. The van der Waals surface area contributed by atoms with E-state index in [4.69, 9.17) is 4.74 Å². The lowest BCUT2D eigenvalue weighted by Gasteiger charge is -2.19. The zero-order chi connectivity index (χ0) is 14.9. The Morgan fingerprint density at radius 1 is 1.14 bits per heavy atom. The molecule has 3 aliphatic heterocycles. The molecule has 0 spiro atoms. The van der Waals surface area contributed by atoms with Crippen molar-refractivity contribution in [2.45, 2.75) is 52.7 Å². The lowest BCUT2D eigenvalue weighted by atomic mass is 9.82. The van der Waals surface area contributed by atoms with Gasteiger partial charge in [0.15, 0.2) is 0 Å². The highest BCUT2D eigenvalue weighted by molar-refractivity contribution is 5.84. The van der Waals surface area contributed by atoms with Gasteiger partial charge in [0.25, 0.3) is 0 Å². The molecule has 3 heterocycles. The topological polar surface area (TPSA) is 29.5 Å². The van der Waals surface area contributed by atoms with Gasteiger partial charge in [0, 0.05) is 24.9 Å². The van der Waals surface area contributed by atoms with E-state index < -0.39 is 0 Å². The summed E-state index contributed by atoms with van der Waals surface area (Å²) in [4.78, 5) is 15.1. The fraction of sp³-hybridized carbons (Fsp3) is 0.833. The second-order valence-electron chi connectivity index (χ2n) is 8.43. The second-order valence-corrected chi connectivity index (χ2v) is 8.43. The zero-order valence-electron chi connectivity index (χ0n) is 13.6. The molecule has 4 rings (SSSR count). The Morgan fingerprint density at radius 3 is 2.24 bits per heavy atom. The fourth-order valence-electron chi connectivity index (χ4n) is 5.16. The number of amides is 1. The van der Waals surface area contributed by atoms with E-state index in [0.29, 0.717) is 35.9 Å². The number of ether oxygens (including phenoxy) is 1. The summed E-state index contributed by atoms with van der Waals surface area (Å²) in [5.74, 6) is 2.28. The van der Waals surface area contributed by atoms with Crippen LogP contribution in [0.15, 0.2) is 11.6 Å². The van der Waals surface area contributed by atoms with Crippen molar-refractivity contribution in [3.05, 3.63) is 11.6 Å². The monoisotopic (exact) mass is 289 g/mol. The van der Waals surface area contributed by atoms with Crippen molar-refractivity contribution >= 4 is 5.91 Å². The van der Waals surface area contributed by atoms with Crippen molar-refractivity contribution < 1.29 is 9.53 Å². The normalized spacial score (nSPS) is 45.6. The molecule has 4 fully saturated rings. The molecule has 6 atom stereocenters. The number of rotatable bonds is 2. The first-order chi connectivity index (χ1) is 9.89. The van der Waals surface area contributed by atoms with E-state index in [9.17, 15) is 4.79 Å². The molecule has 0 unspecified atom stereocenters. The average molecular weight is 289 g/mol. The van der Waals surface area contributed by atoms with Crippen LogP contribution in [0, 0.1) is 29.1 Å². The van der Waals surface area contributed by atoms with Crippen molar-refractivity contribution in [2.75, 3.05) is 13.1 Å². The van der Waals surface area contributed by atoms with Gasteiger partial charge in [-0.1, -0.05) is 25.5 Å². The number of hydrogen-bond donors (Lipinski definition) is 0. The first-order valence-electron chi connectivity index (χ1n) is 8.49. The highest BCUT2D eigenvalue weighted by Crippen LogP contribution is 2.60. The minimum Gasteiger partial charge on any atom is -0.374 e. The smallest absolute Gasteiger partial charge is 0.226 e. The molecule has 0 radical (unpaired) electrons. The minimum absolute atomic E-state index is 0.140. The van der Waals surface area contributed by atoms with Gasteiger partial charge in [-0.05, 0) is 38.0 Å². The number of hydrogen-bond acceptors (Lipinski definition) is 2. The molecule has 3 nitrogen and oxygen atoms in total. The Balaban J connectivity index is 1.47. The van der Waals surface area contributed by atoms with Crippen LogP contribution in [0.5, 0.6) is 0 Å². The van der Waals surface area contributed by atoms with Gasteiger partial charge in [-0.2, -0.15) is 0 Å². The second kappa shape index (κ2) is 4.34. The van der Waals surface area contributed by atoms with E-state index in [1.165, 1.54) is 18.4 Å². The maximum atomic E-state index is 12.9. The van der Waals surface area contributed by atoms with Crippen LogP contribution in [0.25, 0.3) is 0 Å². The van der Waals surface area contributed by atoms with Crippen LogP contribution >= 0.6 is 0 Å². The lowest BCUT2D eigenvalue weighted by Crippen LogP contribution is -2.33. The maximum absolute atomic E-state index is 12.9. The molecule has 3 heteroatoms. The number of nitrogens with zero attached hydrogens (tertiary/aromatic N) is 1. The van der Waals surface area contributed by atoms with Crippen LogP contribution in [0.2, 0.25) is 0 Å². The standard InChI is InChI=1S/C18H27NO2/c1-10(2)7-13-16(18(13,3)4)17(20)19-8-11-12(9-19)15-6-5-14(11)21-15/h7,11-16H,5-6,8-9H2,1-4H3/t11-,12-,13+,14+,15+,16+/m0/s1. The third-order valence-electron chi connectivity index (χ3n) is 6.45. The molecule has 3 saturated heterocycles. The minimum atomic E-state index is 0.140. The first kappa shape index (κ1) is 13.8. The first-order valence-corrected chi connectivity index (χ1v) is 8.49. The average Bonchev–Trinajstić information content (AvgIpc) is 2.93. The van der Waals surface area contributed by atoms with Gasteiger partial charge in [0.2, 0.25) is 5.91 Å². The van der Waals surface area contributed by atoms with Crippen LogP contribution in [0.1, 0.15) is 40.5 Å². The quantitative estimate of drug-likeness (QED) is 0.732. The molecule has 4 aliphatic rings. The number of carbonyl (C=O) groups is 1. The highest BCUT2D eigenvalue weighted by Gasteiger charge is 2.63. The van der Waals surface area contributed by atoms with E-state index in [2.05, 4.69) is 38.7 Å². The van der Waals surface area contributed by atoms with Crippen LogP contribution in [-0.4, -0.2) is 36.1 Å². The van der Waals surface area contributed by atoms with E-state index >= 15 is 0 Å². The van der Waals surface area contributed by atoms with Gasteiger partial charge in [-0.3, -0.25) is 4.79 Å². The summed E-state index contributed by atoms with van der Waals surface area (Å²) in [5.41, 5.74) is 1.47. The molecule has 0 aromatic carbocycles. The van der Waals surface area contributed by atoms with Crippen LogP contribution in [-0.2, 0) is 9.53 Å². The van der Waals surface area contributed by atoms with E-state index in [1.807, 2.05) is 0 Å². The molecular formula is C18H27NO2. The van der Waals surface area contributed by atoms with E-state index in [-0.39, 0.29) is 11.3 Å². The third-order valence-corrected chi connectivity index (χ3v) is 6.45. The molecule has 116 valence electrons. The number of fused-ring (bicyclic) bond motifs is 5. The van der Waals surface area contributed by atoms with Crippen molar-refractivity contribution in [1.82, 2.24) is 4.90 Å². The molecule has 1 aliphatic carbocycles.